The topological polar surface area (TPSA) is 69.2 Å². The second-order valence-electron chi connectivity index (χ2n) is 4.49. The van der Waals surface area contributed by atoms with Crippen molar-refractivity contribution in [3.8, 4) is 11.3 Å². The second-order valence-corrected chi connectivity index (χ2v) is 4.49. The molecular formula is C13H12N2O3. The molecule has 1 heterocycles. The molecule has 1 aromatic heterocycles. The average Bonchev–Trinajstić information content (AvgIpc) is 2.76. The van der Waals surface area contributed by atoms with E-state index in [1.54, 1.807) is 18.3 Å². The minimum atomic E-state index is -0.413. The molecule has 5 heteroatoms. The zero-order valence-corrected chi connectivity index (χ0v) is 9.70. The molecule has 0 unspecified atom stereocenters. The van der Waals surface area contributed by atoms with Crippen LogP contribution in [0.4, 0.5) is 5.69 Å². The zero-order valence-electron chi connectivity index (χ0n) is 9.70. The van der Waals surface area contributed by atoms with Gasteiger partial charge in [0.1, 0.15) is 0 Å². The first kappa shape index (κ1) is 11.0. The summed E-state index contributed by atoms with van der Waals surface area (Å²) in [6.45, 7) is 0. The molecule has 0 saturated heterocycles. The van der Waals surface area contributed by atoms with Gasteiger partial charge in [0.25, 0.3) is 5.69 Å². The Balaban J connectivity index is 1.85. The van der Waals surface area contributed by atoms with Crippen molar-refractivity contribution in [1.29, 1.82) is 0 Å². The molecule has 1 aromatic carbocycles. The van der Waals surface area contributed by atoms with Crippen LogP contribution in [0.15, 0.2) is 34.9 Å². The predicted octanol–water partition coefficient (Wildman–Crippen LogP) is 3.52. The van der Waals surface area contributed by atoms with Crippen LogP contribution >= 0.6 is 0 Å². The number of benzene rings is 1. The summed E-state index contributed by atoms with van der Waals surface area (Å²) < 4.78 is 5.69. The average molecular weight is 244 g/mol. The van der Waals surface area contributed by atoms with E-state index in [0.29, 0.717) is 11.7 Å². The van der Waals surface area contributed by atoms with E-state index in [-0.39, 0.29) is 5.69 Å². The van der Waals surface area contributed by atoms with Crippen molar-refractivity contribution in [2.45, 2.75) is 25.2 Å². The first-order valence-electron chi connectivity index (χ1n) is 5.94. The summed E-state index contributed by atoms with van der Waals surface area (Å²) in [6, 6.07) is 6.31. The minimum absolute atomic E-state index is 0.0810. The maximum Gasteiger partial charge on any atom is 0.269 e. The molecule has 0 aliphatic heterocycles. The molecule has 92 valence electrons. The van der Waals surface area contributed by atoms with Gasteiger partial charge in [-0.2, -0.15) is 0 Å². The van der Waals surface area contributed by atoms with Crippen molar-refractivity contribution in [3.63, 3.8) is 0 Å². The second kappa shape index (κ2) is 4.25. The summed E-state index contributed by atoms with van der Waals surface area (Å²) in [5.41, 5.74) is 0.899. The van der Waals surface area contributed by atoms with E-state index in [0.717, 1.165) is 24.3 Å². The molecule has 0 N–H and O–H groups in total. The third-order valence-corrected chi connectivity index (χ3v) is 3.34. The fourth-order valence-electron chi connectivity index (χ4n) is 2.01. The standard InChI is InChI=1S/C13H12N2O3/c16-15(17)11-6-4-9(5-7-11)12-8-14-13(18-12)10-2-1-3-10/h4-8,10H,1-3H2. The van der Waals surface area contributed by atoms with Crippen molar-refractivity contribution in [1.82, 2.24) is 4.98 Å². The number of nitrogens with zero attached hydrogens (tertiary/aromatic N) is 2. The molecule has 0 bridgehead atoms. The Kier molecular flexibility index (Phi) is 2.59. The molecule has 18 heavy (non-hydrogen) atoms. The van der Waals surface area contributed by atoms with Gasteiger partial charge < -0.3 is 4.42 Å². The van der Waals surface area contributed by atoms with E-state index in [4.69, 9.17) is 4.42 Å². The summed E-state index contributed by atoms with van der Waals surface area (Å²) in [5.74, 6) is 1.91. The van der Waals surface area contributed by atoms with E-state index in [1.807, 2.05) is 0 Å². The Labute approximate surface area is 104 Å². The van der Waals surface area contributed by atoms with Gasteiger partial charge in [-0.3, -0.25) is 10.1 Å². The highest BCUT2D eigenvalue weighted by molar-refractivity contribution is 5.58. The molecule has 1 saturated carbocycles. The summed E-state index contributed by atoms with van der Waals surface area (Å²) in [5, 5.41) is 10.6. The number of hydrogen-bond acceptors (Lipinski definition) is 4. The monoisotopic (exact) mass is 244 g/mol. The quantitative estimate of drug-likeness (QED) is 0.611. The van der Waals surface area contributed by atoms with Gasteiger partial charge in [0, 0.05) is 23.6 Å². The number of aromatic nitrogens is 1. The predicted molar refractivity (Wildman–Crippen MR) is 65.2 cm³/mol. The highest BCUT2D eigenvalue weighted by Crippen LogP contribution is 2.37. The summed E-state index contributed by atoms with van der Waals surface area (Å²) in [7, 11) is 0. The van der Waals surface area contributed by atoms with Crippen LogP contribution in [-0.4, -0.2) is 9.91 Å². The van der Waals surface area contributed by atoms with Crippen LogP contribution in [0.2, 0.25) is 0 Å². The Hall–Kier alpha value is -2.17. The van der Waals surface area contributed by atoms with Gasteiger partial charge in [0.15, 0.2) is 11.7 Å². The smallest absolute Gasteiger partial charge is 0.269 e. The SMILES string of the molecule is O=[N+]([O-])c1ccc(-c2cnc(C3CCC3)o2)cc1. The van der Waals surface area contributed by atoms with Gasteiger partial charge in [-0.25, -0.2) is 4.98 Å². The van der Waals surface area contributed by atoms with E-state index in [1.165, 1.54) is 18.6 Å². The van der Waals surface area contributed by atoms with Gasteiger partial charge in [0.05, 0.1) is 11.1 Å². The molecule has 1 fully saturated rings. The first-order chi connectivity index (χ1) is 8.74. The van der Waals surface area contributed by atoms with Gasteiger partial charge >= 0.3 is 0 Å². The summed E-state index contributed by atoms with van der Waals surface area (Å²) in [6.07, 6.45) is 5.20. The zero-order chi connectivity index (χ0) is 12.5. The molecule has 5 nitrogen and oxygen atoms in total. The molecule has 0 amide bonds. The lowest BCUT2D eigenvalue weighted by molar-refractivity contribution is -0.384. The van der Waals surface area contributed by atoms with Gasteiger partial charge in [-0.15, -0.1) is 0 Å². The maximum absolute atomic E-state index is 10.6. The molecule has 2 aromatic rings. The van der Waals surface area contributed by atoms with Crippen LogP contribution in [0, 0.1) is 10.1 Å². The maximum atomic E-state index is 10.6. The molecule has 0 atom stereocenters. The van der Waals surface area contributed by atoms with Gasteiger partial charge in [-0.1, -0.05) is 6.42 Å². The van der Waals surface area contributed by atoms with Gasteiger partial charge in [0.2, 0.25) is 0 Å². The number of nitro benzene ring substituents is 1. The summed E-state index contributed by atoms with van der Waals surface area (Å²) in [4.78, 5) is 14.4. The highest BCUT2D eigenvalue weighted by atomic mass is 16.6. The van der Waals surface area contributed by atoms with Crippen molar-refractivity contribution >= 4 is 5.69 Å². The summed E-state index contributed by atoms with van der Waals surface area (Å²) >= 11 is 0. The van der Waals surface area contributed by atoms with Crippen LogP contribution in [0.3, 0.4) is 0 Å². The lowest BCUT2D eigenvalue weighted by Crippen LogP contribution is -2.08. The Bertz CT molecular complexity index is 570. The fourth-order valence-corrected chi connectivity index (χ4v) is 2.01. The van der Waals surface area contributed by atoms with Crippen molar-refractivity contribution < 1.29 is 9.34 Å². The third-order valence-electron chi connectivity index (χ3n) is 3.34. The van der Waals surface area contributed by atoms with E-state index < -0.39 is 4.92 Å². The van der Waals surface area contributed by atoms with E-state index in [2.05, 4.69) is 4.98 Å². The Morgan fingerprint density at radius 1 is 1.28 bits per heavy atom. The van der Waals surface area contributed by atoms with Crippen molar-refractivity contribution in [2.24, 2.45) is 0 Å². The lowest BCUT2D eigenvalue weighted by Gasteiger charge is -2.21. The van der Waals surface area contributed by atoms with Crippen molar-refractivity contribution in [2.75, 3.05) is 0 Å². The molecule has 1 aliphatic carbocycles. The number of hydrogen-bond donors (Lipinski definition) is 0. The lowest BCUT2D eigenvalue weighted by atomic mass is 9.85. The van der Waals surface area contributed by atoms with Crippen LogP contribution in [-0.2, 0) is 0 Å². The molecule has 0 radical (unpaired) electrons. The molecular weight excluding hydrogens is 232 g/mol. The largest absolute Gasteiger partial charge is 0.440 e. The van der Waals surface area contributed by atoms with E-state index in [9.17, 15) is 10.1 Å². The minimum Gasteiger partial charge on any atom is -0.440 e. The van der Waals surface area contributed by atoms with E-state index >= 15 is 0 Å². The number of non-ortho nitro benzene ring substituents is 1. The van der Waals surface area contributed by atoms with Crippen LogP contribution < -0.4 is 0 Å². The highest BCUT2D eigenvalue weighted by Gasteiger charge is 2.24. The van der Waals surface area contributed by atoms with Crippen LogP contribution in [0.5, 0.6) is 0 Å². The van der Waals surface area contributed by atoms with Crippen molar-refractivity contribution in [3.05, 3.63) is 46.5 Å². The van der Waals surface area contributed by atoms with Crippen LogP contribution in [0.25, 0.3) is 11.3 Å². The van der Waals surface area contributed by atoms with Gasteiger partial charge in [-0.05, 0) is 25.0 Å². The fraction of sp³-hybridized carbons (Fsp3) is 0.308. The third kappa shape index (κ3) is 1.88. The first-order valence-corrected chi connectivity index (χ1v) is 5.94. The molecule has 0 spiro atoms. The Morgan fingerprint density at radius 3 is 2.56 bits per heavy atom. The number of rotatable bonds is 3. The normalized spacial score (nSPS) is 15.3. The molecule has 1 aliphatic rings. The number of nitro groups is 1. The molecule has 3 rings (SSSR count). The number of oxazole rings is 1. The Morgan fingerprint density at radius 2 is 2.00 bits per heavy atom. The van der Waals surface area contributed by atoms with Crippen LogP contribution in [0.1, 0.15) is 31.1 Å².